The van der Waals surface area contributed by atoms with Gasteiger partial charge in [-0.15, -0.1) is 11.3 Å². The summed E-state index contributed by atoms with van der Waals surface area (Å²) in [7, 11) is 3.55. The van der Waals surface area contributed by atoms with Gasteiger partial charge in [-0.3, -0.25) is 10.1 Å². The van der Waals surface area contributed by atoms with E-state index in [0.29, 0.717) is 18.1 Å². The van der Waals surface area contributed by atoms with Crippen LogP contribution in [0.5, 0.6) is 0 Å². The number of halogens is 1. The highest BCUT2D eigenvalue weighted by Gasteiger charge is 2.26. The molecule has 0 aliphatic carbocycles. The number of nitrogens with zero attached hydrogens (tertiary/aromatic N) is 4. The van der Waals surface area contributed by atoms with Crippen LogP contribution in [0, 0.1) is 17.0 Å². The molecule has 2 aromatic rings. The van der Waals surface area contributed by atoms with E-state index >= 15 is 0 Å². The van der Waals surface area contributed by atoms with Gasteiger partial charge in [0.15, 0.2) is 0 Å². The van der Waals surface area contributed by atoms with E-state index in [1.54, 1.807) is 30.0 Å². The molecule has 0 spiro atoms. The zero-order chi connectivity index (χ0) is 14.2. The quantitative estimate of drug-likeness (QED) is 0.631. The van der Waals surface area contributed by atoms with Crippen molar-refractivity contribution in [3.63, 3.8) is 0 Å². The van der Waals surface area contributed by atoms with Gasteiger partial charge >= 0.3 is 5.69 Å². The maximum Gasteiger partial charge on any atom is 0.333 e. The number of aromatic nitrogens is 2. The molecule has 8 heteroatoms. The number of anilines is 1. The van der Waals surface area contributed by atoms with Crippen LogP contribution < -0.4 is 4.90 Å². The van der Waals surface area contributed by atoms with E-state index in [9.17, 15) is 10.1 Å². The van der Waals surface area contributed by atoms with Crippen molar-refractivity contribution in [2.24, 2.45) is 7.05 Å². The molecule has 0 aliphatic rings. The molecule has 2 rings (SSSR count). The minimum absolute atomic E-state index is 0.0688. The summed E-state index contributed by atoms with van der Waals surface area (Å²) in [4.78, 5) is 12.6. The lowest BCUT2D eigenvalue weighted by atomic mass is 10.3. The van der Waals surface area contributed by atoms with Gasteiger partial charge < -0.3 is 4.90 Å². The average Bonchev–Trinajstić information content (AvgIpc) is 2.82. The smallest absolute Gasteiger partial charge is 0.333 e. The van der Waals surface area contributed by atoms with Crippen LogP contribution in [0.2, 0.25) is 0 Å². The molecule has 0 bridgehead atoms. The summed E-state index contributed by atoms with van der Waals surface area (Å²) < 4.78 is 2.60. The van der Waals surface area contributed by atoms with Gasteiger partial charge in [0, 0.05) is 20.6 Å². The Morgan fingerprint density at radius 2 is 2.32 bits per heavy atom. The maximum atomic E-state index is 11.1. The molecule has 0 fully saturated rings. The molecule has 102 valence electrons. The summed E-state index contributed by atoms with van der Waals surface area (Å²) in [5, 5.41) is 17.3. The Hall–Kier alpha value is -1.41. The molecule has 0 aliphatic heterocycles. The minimum Gasteiger partial charge on any atom is -0.350 e. The van der Waals surface area contributed by atoms with Crippen LogP contribution in [-0.4, -0.2) is 21.8 Å². The second-order valence-corrected chi connectivity index (χ2v) is 6.54. The fraction of sp³-hybridized carbons (Fsp3) is 0.364. The molecule has 0 radical (unpaired) electrons. The van der Waals surface area contributed by atoms with Gasteiger partial charge in [0.1, 0.15) is 5.69 Å². The molecule has 0 unspecified atom stereocenters. The van der Waals surface area contributed by atoms with E-state index in [4.69, 9.17) is 0 Å². The van der Waals surface area contributed by atoms with Crippen LogP contribution in [0.1, 0.15) is 11.3 Å². The first-order chi connectivity index (χ1) is 8.90. The number of aryl methyl sites for hydroxylation is 2. The van der Waals surface area contributed by atoms with Crippen molar-refractivity contribution < 1.29 is 4.92 Å². The summed E-state index contributed by atoms with van der Waals surface area (Å²) in [6.07, 6.45) is 0. The lowest BCUT2D eigenvalue weighted by Gasteiger charge is -2.17. The topological polar surface area (TPSA) is 64.2 Å². The lowest BCUT2D eigenvalue weighted by Crippen LogP contribution is -2.20. The van der Waals surface area contributed by atoms with Gasteiger partial charge in [0.05, 0.1) is 8.71 Å². The monoisotopic (exact) mass is 344 g/mol. The molecule has 0 N–H and O–H groups in total. The fourth-order valence-electron chi connectivity index (χ4n) is 2.05. The lowest BCUT2D eigenvalue weighted by molar-refractivity contribution is -0.384. The Labute approximate surface area is 122 Å². The van der Waals surface area contributed by atoms with Gasteiger partial charge in [0.2, 0.25) is 5.82 Å². The van der Waals surface area contributed by atoms with Crippen LogP contribution in [0.15, 0.2) is 15.2 Å². The van der Waals surface area contributed by atoms with Crippen molar-refractivity contribution in [2.45, 2.75) is 13.5 Å². The normalized spacial score (nSPS) is 10.7. The zero-order valence-corrected chi connectivity index (χ0v) is 13.2. The molecular formula is C11H13BrN4O2S. The summed E-state index contributed by atoms with van der Waals surface area (Å²) in [5.74, 6) is 0.518. The molecule has 2 aromatic heterocycles. The van der Waals surface area contributed by atoms with Crippen LogP contribution in [0.3, 0.4) is 0 Å². The third kappa shape index (κ3) is 2.79. The highest BCUT2D eigenvalue weighted by atomic mass is 79.9. The van der Waals surface area contributed by atoms with E-state index < -0.39 is 0 Å². The van der Waals surface area contributed by atoms with Crippen molar-refractivity contribution in [1.82, 2.24) is 9.78 Å². The fourth-order valence-corrected chi connectivity index (χ4v) is 3.25. The second-order valence-electron chi connectivity index (χ2n) is 4.25. The molecule has 0 aromatic carbocycles. The molecule has 19 heavy (non-hydrogen) atoms. The highest BCUT2D eigenvalue weighted by Crippen LogP contribution is 2.31. The van der Waals surface area contributed by atoms with Crippen molar-refractivity contribution in [2.75, 3.05) is 11.9 Å². The Bertz CT molecular complexity index is 622. The van der Waals surface area contributed by atoms with Gasteiger partial charge in [-0.1, -0.05) is 0 Å². The van der Waals surface area contributed by atoms with Gasteiger partial charge in [-0.05, 0) is 39.9 Å². The molecule has 0 atom stereocenters. The predicted molar refractivity (Wildman–Crippen MR) is 78.7 cm³/mol. The van der Waals surface area contributed by atoms with E-state index in [1.807, 2.05) is 23.4 Å². The number of thiophene rings is 1. The van der Waals surface area contributed by atoms with E-state index in [2.05, 4.69) is 21.0 Å². The molecule has 2 heterocycles. The van der Waals surface area contributed by atoms with E-state index in [-0.39, 0.29) is 10.6 Å². The molecule has 6 nitrogen and oxygen atoms in total. The highest BCUT2D eigenvalue weighted by molar-refractivity contribution is 9.11. The first kappa shape index (κ1) is 14.0. The van der Waals surface area contributed by atoms with E-state index in [0.717, 1.165) is 9.35 Å². The van der Waals surface area contributed by atoms with Crippen LogP contribution >= 0.6 is 27.3 Å². The number of hydrogen-bond acceptors (Lipinski definition) is 5. The first-order valence-corrected chi connectivity index (χ1v) is 7.19. The first-order valence-electron chi connectivity index (χ1n) is 5.52. The number of nitro groups is 1. The van der Waals surface area contributed by atoms with E-state index in [1.165, 1.54) is 0 Å². The molecule has 0 saturated heterocycles. The van der Waals surface area contributed by atoms with Crippen molar-refractivity contribution in [3.8, 4) is 0 Å². The zero-order valence-electron chi connectivity index (χ0n) is 10.8. The van der Waals surface area contributed by atoms with Crippen molar-refractivity contribution in [3.05, 3.63) is 36.6 Å². The summed E-state index contributed by atoms with van der Waals surface area (Å²) >= 11 is 5.00. The Kier molecular flexibility index (Phi) is 3.91. The molecule has 0 amide bonds. The predicted octanol–water partition coefficient (Wildman–Crippen LogP) is 3.10. The number of hydrogen-bond donors (Lipinski definition) is 0. The van der Waals surface area contributed by atoms with Crippen LogP contribution in [-0.2, 0) is 13.6 Å². The second kappa shape index (κ2) is 5.30. The maximum absolute atomic E-state index is 11.1. The Balaban J connectivity index is 2.33. The Morgan fingerprint density at radius 3 is 2.84 bits per heavy atom. The largest absolute Gasteiger partial charge is 0.350 e. The summed E-state index contributed by atoms with van der Waals surface area (Å²) in [6.45, 7) is 2.25. The SMILES string of the molecule is Cc1nn(C)c(N(C)Cc2csc(Br)c2)c1[N+](=O)[O-]. The molecule has 0 saturated carbocycles. The third-order valence-corrected chi connectivity index (χ3v) is 4.30. The van der Waals surface area contributed by atoms with Gasteiger partial charge in [-0.25, -0.2) is 4.68 Å². The standard InChI is InChI=1S/C11H13BrN4O2S/c1-7-10(16(17)18)11(15(3)13-7)14(2)5-8-4-9(12)19-6-8/h4,6H,5H2,1-3H3. The van der Waals surface area contributed by atoms with Crippen LogP contribution in [0.4, 0.5) is 11.5 Å². The van der Waals surface area contributed by atoms with Crippen molar-refractivity contribution in [1.29, 1.82) is 0 Å². The average molecular weight is 345 g/mol. The van der Waals surface area contributed by atoms with Crippen LogP contribution in [0.25, 0.3) is 0 Å². The molecular weight excluding hydrogens is 332 g/mol. The van der Waals surface area contributed by atoms with Gasteiger partial charge in [-0.2, -0.15) is 5.10 Å². The Morgan fingerprint density at radius 1 is 1.63 bits per heavy atom. The van der Waals surface area contributed by atoms with Crippen molar-refractivity contribution >= 4 is 38.8 Å². The summed E-state index contributed by atoms with van der Waals surface area (Å²) in [5.41, 5.74) is 1.60. The van der Waals surface area contributed by atoms with Gasteiger partial charge in [0.25, 0.3) is 0 Å². The summed E-state index contributed by atoms with van der Waals surface area (Å²) in [6, 6.07) is 2.01. The number of rotatable bonds is 4. The minimum atomic E-state index is -0.377. The third-order valence-electron chi connectivity index (χ3n) is 2.75.